The first-order chi connectivity index (χ1) is 9.93. The van der Waals surface area contributed by atoms with E-state index in [0.717, 1.165) is 11.3 Å². The van der Waals surface area contributed by atoms with Crippen molar-refractivity contribution in [2.75, 3.05) is 0 Å². The summed E-state index contributed by atoms with van der Waals surface area (Å²) in [4.78, 5) is 12.5. The molecule has 0 aliphatic rings. The van der Waals surface area contributed by atoms with Crippen LogP contribution < -0.4 is 11.3 Å². The van der Waals surface area contributed by atoms with Crippen LogP contribution in [0.25, 0.3) is 0 Å². The first-order valence-electron chi connectivity index (χ1n) is 7.07. The highest BCUT2D eigenvalue weighted by atomic mass is 35.5. The largest absolute Gasteiger partial charge is 0.320 e. The van der Waals surface area contributed by atoms with E-state index in [2.05, 4.69) is 5.10 Å². The zero-order valence-electron chi connectivity index (χ0n) is 12.5. The van der Waals surface area contributed by atoms with E-state index in [-0.39, 0.29) is 11.5 Å². The average Bonchev–Trinajstić information content (AvgIpc) is 2.47. The Balaban J connectivity index is 2.53. The molecular weight excluding hydrogens is 286 g/mol. The molecule has 2 aromatic rings. The maximum absolute atomic E-state index is 12.5. The molecule has 5 heteroatoms. The van der Waals surface area contributed by atoms with Gasteiger partial charge in [0.1, 0.15) is 0 Å². The molecule has 0 bridgehead atoms. The van der Waals surface area contributed by atoms with Crippen LogP contribution in [0.15, 0.2) is 35.1 Å². The fourth-order valence-electron chi connectivity index (χ4n) is 2.15. The van der Waals surface area contributed by atoms with Gasteiger partial charge in [0.05, 0.1) is 11.7 Å². The summed E-state index contributed by atoms with van der Waals surface area (Å²) in [7, 11) is 0. The average molecular weight is 306 g/mol. The van der Waals surface area contributed by atoms with Crippen LogP contribution >= 0.6 is 11.6 Å². The predicted octanol–water partition coefficient (Wildman–Crippen LogP) is 3.09. The number of hydrogen-bond acceptors (Lipinski definition) is 3. The molecule has 21 heavy (non-hydrogen) atoms. The van der Waals surface area contributed by atoms with Gasteiger partial charge < -0.3 is 5.73 Å². The SMILES string of the molecule is CCn1nc(C(C)C)cc(C(N)c2ccc(Cl)cc2)c1=O. The number of aromatic nitrogens is 2. The van der Waals surface area contributed by atoms with Gasteiger partial charge >= 0.3 is 0 Å². The van der Waals surface area contributed by atoms with Gasteiger partial charge in [-0.05, 0) is 36.6 Å². The Labute approximate surface area is 129 Å². The molecule has 4 nitrogen and oxygen atoms in total. The fourth-order valence-corrected chi connectivity index (χ4v) is 2.28. The Morgan fingerprint density at radius 3 is 2.43 bits per heavy atom. The molecule has 0 aliphatic heterocycles. The zero-order valence-corrected chi connectivity index (χ0v) is 13.3. The van der Waals surface area contributed by atoms with E-state index in [1.54, 1.807) is 12.1 Å². The van der Waals surface area contributed by atoms with Crippen LogP contribution in [0.5, 0.6) is 0 Å². The minimum Gasteiger partial charge on any atom is -0.320 e. The monoisotopic (exact) mass is 305 g/mol. The summed E-state index contributed by atoms with van der Waals surface area (Å²) in [6, 6.07) is 8.58. The standard InChI is InChI=1S/C16H20ClN3O/c1-4-20-16(21)13(9-14(19-20)10(2)3)15(18)11-5-7-12(17)8-6-11/h5-10,15H,4,18H2,1-3H3. The van der Waals surface area contributed by atoms with E-state index >= 15 is 0 Å². The van der Waals surface area contributed by atoms with Gasteiger partial charge in [-0.3, -0.25) is 4.79 Å². The van der Waals surface area contributed by atoms with Crippen molar-refractivity contribution in [2.24, 2.45) is 5.73 Å². The normalized spacial score (nSPS) is 12.7. The Kier molecular flexibility index (Phi) is 4.80. The second kappa shape index (κ2) is 6.41. The third-order valence-electron chi connectivity index (χ3n) is 3.48. The minimum absolute atomic E-state index is 0.135. The van der Waals surface area contributed by atoms with Crippen molar-refractivity contribution < 1.29 is 0 Å². The molecule has 1 atom stereocenters. The summed E-state index contributed by atoms with van der Waals surface area (Å²) in [5.74, 6) is 0.236. The number of rotatable bonds is 4. The maximum Gasteiger partial charge on any atom is 0.271 e. The fraction of sp³-hybridized carbons (Fsp3) is 0.375. The summed E-state index contributed by atoms with van der Waals surface area (Å²) in [5.41, 5.74) is 8.44. The molecule has 0 aliphatic carbocycles. The van der Waals surface area contributed by atoms with Crippen molar-refractivity contribution in [3.8, 4) is 0 Å². The Morgan fingerprint density at radius 2 is 1.90 bits per heavy atom. The van der Waals surface area contributed by atoms with Crippen LogP contribution in [0, 0.1) is 0 Å². The summed E-state index contributed by atoms with van der Waals surface area (Å²) < 4.78 is 1.47. The number of benzene rings is 1. The van der Waals surface area contributed by atoms with Gasteiger partial charge in [-0.15, -0.1) is 0 Å². The number of nitrogens with two attached hydrogens (primary N) is 1. The molecule has 112 valence electrons. The van der Waals surface area contributed by atoms with Crippen LogP contribution in [-0.4, -0.2) is 9.78 Å². The van der Waals surface area contributed by atoms with Crippen LogP contribution in [-0.2, 0) is 6.54 Å². The minimum atomic E-state index is -0.479. The van der Waals surface area contributed by atoms with Gasteiger partial charge in [0, 0.05) is 17.1 Å². The molecule has 2 rings (SSSR count). The van der Waals surface area contributed by atoms with Crippen LogP contribution in [0.4, 0.5) is 0 Å². The van der Waals surface area contributed by atoms with Crippen molar-refractivity contribution in [1.29, 1.82) is 0 Å². The Bertz CT molecular complexity index is 677. The second-order valence-corrected chi connectivity index (χ2v) is 5.77. The molecule has 0 saturated carbocycles. The maximum atomic E-state index is 12.5. The molecule has 1 heterocycles. The lowest BCUT2D eigenvalue weighted by atomic mass is 9.99. The van der Waals surface area contributed by atoms with Gasteiger partial charge in [-0.2, -0.15) is 5.10 Å². The zero-order chi connectivity index (χ0) is 15.6. The first-order valence-corrected chi connectivity index (χ1v) is 7.44. The smallest absolute Gasteiger partial charge is 0.271 e. The highest BCUT2D eigenvalue weighted by molar-refractivity contribution is 6.30. The van der Waals surface area contributed by atoms with E-state index in [0.29, 0.717) is 17.1 Å². The predicted molar refractivity (Wildman–Crippen MR) is 85.7 cm³/mol. The van der Waals surface area contributed by atoms with Gasteiger partial charge in [0.2, 0.25) is 0 Å². The number of nitrogens with zero attached hydrogens (tertiary/aromatic N) is 2. The molecule has 0 saturated heterocycles. The molecule has 1 aromatic carbocycles. The summed E-state index contributed by atoms with van der Waals surface area (Å²) in [5, 5.41) is 5.02. The van der Waals surface area contributed by atoms with Crippen LogP contribution in [0.3, 0.4) is 0 Å². The molecular formula is C16H20ClN3O. The quantitative estimate of drug-likeness (QED) is 0.944. The van der Waals surface area contributed by atoms with E-state index in [4.69, 9.17) is 17.3 Å². The van der Waals surface area contributed by atoms with E-state index in [1.165, 1.54) is 4.68 Å². The number of hydrogen-bond donors (Lipinski definition) is 1. The Hall–Kier alpha value is -1.65. The van der Waals surface area contributed by atoms with Crippen molar-refractivity contribution in [3.05, 3.63) is 62.5 Å². The first kappa shape index (κ1) is 15.7. The van der Waals surface area contributed by atoms with Crippen molar-refractivity contribution in [3.63, 3.8) is 0 Å². The molecule has 0 fully saturated rings. The third kappa shape index (κ3) is 3.34. The van der Waals surface area contributed by atoms with Gasteiger partial charge in [-0.1, -0.05) is 37.6 Å². The topological polar surface area (TPSA) is 60.9 Å². The van der Waals surface area contributed by atoms with Gasteiger partial charge in [0.25, 0.3) is 5.56 Å². The van der Waals surface area contributed by atoms with Gasteiger partial charge in [0.15, 0.2) is 0 Å². The Morgan fingerprint density at radius 1 is 1.29 bits per heavy atom. The highest BCUT2D eigenvalue weighted by Gasteiger charge is 2.17. The number of aryl methyl sites for hydroxylation is 1. The molecule has 0 radical (unpaired) electrons. The summed E-state index contributed by atoms with van der Waals surface area (Å²) in [6.07, 6.45) is 0. The molecule has 0 amide bonds. The van der Waals surface area contributed by atoms with Crippen molar-refractivity contribution in [1.82, 2.24) is 9.78 Å². The third-order valence-corrected chi connectivity index (χ3v) is 3.73. The highest BCUT2D eigenvalue weighted by Crippen LogP contribution is 2.21. The molecule has 2 N–H and O–H groups in total. The lowest BCUT2D eigenvalue weighted by Crippen LogP contribution is -2.31. The van der Waals surface area contributed by atoms with Crippen LogP contribution in [0.2, 0.25) is 5.02 Å². The van der Waals surface area contributed by atoms with Crippen LogP contribution in [0.1, 0.15) is 49.6 Å². The second-order valence-electron chi connectivity index (χ2n) is 5.33. The van der Waals surface area contributed by atoms with E-state index in [9.17, 15) is 4.79 Å². The lowest BCUT2D eigenvalue weighted by Gasteiger charge is -2.16. The van der Waals surface area contributed by atoms with E-state index in [1.807, 2.05) is 39.0 Å². The van der Waals surface area contributed by atoms with E-state index < -0.39 is 6.04 Å². The van der Waals surface area contributed by atoms with Gasteiger partial charge in [-0.25, -0.2) is 4.68 Å². The molecule has 1 aromatic heterocycles. The lowest BCUT2D eigenvalue weighted by molar-refractivity contribution is 0.572. The molecule has 1 unspecified atom stereocenters. The molecule has 0 spiro atoms. The summed E-state index contributed by atoms with van der Waals surface area (Å²) >= 11 is 5.89. The summed E-state index contributed by atoms with van der Waals surface area (Å²) in [6.45, 7) is 6.52. The van der Waals surface area contributed by atoms with Crippen molar-refractivity contribution in [2.45, 2.75) is 39.3 Å². The number of halogens is 1. The van der Waals surface area contributed by atoms with Crippen molar-refractivity contribution >= 4 is 11.6 Å².